The van der Waals surface area contributed by atoms with Gasteiger partial charge in [0.1, 0.15) is 0 Å². The molecule has 0 aliphatic heterocycles. The minimum Gasteiger partial charge on any atom is -0.477 e. The molecule has 0 fully saturated rings. The third kappa shape index (κ3) is 1.90. The fourth-order valence-corrected chi connectivity index (χ4v) is 3.28. The number of fused-ring (bicyclic) bond motifs is 1. The van der Waals surface area contributed by atoms with Gasteiger partial charge < -0.3 is 5.11 Å². The van der Waals surface area contributed by atoms with E-state index in [1.54, 1.807) is 11.3 Å². The van der Waals surface area contributed by atoms with E-state index in [9.17, 15) is 9.90 Å². The summed E-state index contributed by atoms with van der Waals surface area (Å²) in [5.41, 5.74) is 3.44. The van der Waals surface area contributed by atoms with E-state index in [-0.39, 0.29) is 5.69 Å². The minimum atomic E-state index is -0.972. The maximum atomic E-state index is 11.4. The zero-order valence-corrected chi connectivity index (χ0v) is 12.4. The SMILES string of the molecule is Cc1cc(-c2csc3nc(C)c(C(=O)O)n23)ccc1Cl. The molecule has 0 aliphatic carbocycles. The largest absolute Gasteiger partial charge is 0.477 e. The van der Waals surface area contributed by atoms with Crippen LogP contribution in [0.4, 0.5) is 0 Å². The van der Waals surface area contributed by atoms with Crippen LogP contribution in [0.25, 0.3) is 16.2 Å². The number of benzene rings is 1. The van der Waals surface area contributed by atoms with Crippen LogP contribution >= 0.6 is 22.9 Å². The van der Waals surface area contributed by atoms with Gasteiger partial charge in [-0.1, -0.05) is 17.7 Å². The summed E-state index contributed by atoms with van der Waals surface area (Å²) in [5.74, 6) is -0.972. The number of hydrogen-bond acceptors (Lipinski definition) is 3. The van der Waals surface area contributed by atoms with Crippen molar-refractivity contribution < 1.29 is 9.90 Å². The lowest BCUT2D eigenvalue weighted by Crippen LogP contribution is -2.04. The first-order valence-corrected chi connectivity index (χ1v) is 7.21. The van der Waals surface area contributed by atoms with Crippen molar-refractivity contribution in [3.05, 3.63) is 45.6 Å². The number of carboxylic acids is 1. The van der Waals surface area contributed by atoms with Gasteiger partial charge in [-0.2, -0.15) is 0 Å². The van der Waals surface area contributed by atoms with Crippen molar-refractivity contribution in [1.29, 1.82) is 0 Å². The molecule has 20 heavy (non-hydrogen) atoms. The van der Waals surface area contributed by atoms with Crippen LogP contribution in [0.1, 0.15) is 21.7 Å². The van der Waals surface area contributed by atoms with Gasteiger partial charge in [-0.05, 0) is 37.1 Å². The Morgan fingerprint density at radius 2 is 2.15 bits per heavy atom. The molecular weight excluding hydrogens is 296 g/mol. The predicted octanol–water partition coefficient (Wildman–Crippen LogP) is 4.03. The molecule has 1 aromatic carbocycles. The molecule has 6 heteroatoms. The molecule has 0 spiro atoms. The van der Waals surface area contributed by atoms with Crippen LogP contribution in [0.15, 0.2) is 23.6 Å². The van der Waals surface area contributed by atoms with E-state index in [1.807, 2.05) is 30.5 Å². The second-order valence-corrected chi connectivity index (χ2v) is 5.80. The molecule has 0 saturated carbocycles. The van der Waals surface area contributed by atoms with Gasteiger partial charge in [0.2, 0.25) is 0 Å². The maximum absolute atomic E-state index is 11.4. The standard InChI is InChI=1S/C14H11ClN2O2S/c1-7-5-9(3-4-10(7)15)11-6-20-14-16-8(2)12(13(18)19)17(11)14/h3-6H,1-2H3,(H,18,19). The zero-order valence-electron chi connectivity index (χ0n) is 10.8. The van der Waals surface area contributed by atoms with Gasteiger partial charge in [0.15, 0.2) is 10.7 Å². The lowest BCUT2D eigenvalue weighted by Gasteiger charge is -2.05. The second kappa shape index (κ2) is 4.61. The average Bonchev–Trinajstić information content (AvgIpc) is 2.90. The number of aryl methyl sites for hydroxylation is 2. The average molecular weight is 307 g/mol. The molecule has 0 unspecified atom stereocenters. The highest BCUT2D eigenvalue weighted by Crippen LogP contribution is 2.30. The van der Waals surface area contributed by atoms with Crippen molar-refractivity contribution in [1.82, 2.24) is 9.38 Å². The molecule has 0 amide bonds. The minimum absolute atomic E-state index is 0.212. The van der Waals surface area contributed by atoms with Crippen LogP contribution in [0, 0.1) is 13.8 Å². The molecular formula is C14H11ClN2O2S. The van der Waals surface area contributed by atoms with Gasteiger partial charge in [0.05, 0.1) is 11.4 Å². The van der Waals surface area contributed by atoms with Crippen molar-refractivity contribution in [2.24, 2.45) is 0 Å². The highest BCUT2D eigenvalue weighted by Gasteiger charge is 2.20. The third-order valence-electron chi connectivity index (χ3n) is 3.19. The Morgan fingerprint density at radius 1 is 1.40 bits per heavy atom. The summed E-state index contributed by atoms with van der Waals surface area (Å²) < 4.78 is 1.69. The van der Waals surface area contributed by atoms with Gasteiger partial charge in [-0.3, -0.25) is 4.40 Å². The van der Waals surface area contributed by atoms with Crippen LogP contribution in [-0.4, -0.2) is 20.5 Å². The van der Waals surface area contributed by atoms with E-state index in [2.05, 4.69) is 4.98 Å². The molecule has 0 saturated heterocycles. The molecule has 2 heterocycles. The number of aromatic nitrogens is 2. The van der Waals surface area contributed by atoms with E-state index in [0.717, 1.165) is 16.8 Å². The van der Waals surface area contributed by atoms with E-state index in [1.165, 1.54) is 11.3 Å². The highest BCUT2D eigenvalue weighted by molar-refractivity contribution is 7.15. The molecule has 0 aliphatic rings. The monoisotopic (exact) mass is 306 g/mol. The number of imidazole rings is 1. The Balaban J connectivity index is 2.31. The van der Waals surface area contributed by atoms with Crippen LogP contribution in [0.3, 0.4) is 0 Å². The van der Waals surface area contributed by atoms with Gasteiger partial charge in [-0.15, -0.1) is 11.3 Å². The van der Waals surface area contributed by atoms with Crippen molar-refractivity contribution in [2.45, 2.75) is 13.8 Å². The van der Waals surface area contributed by atoms with Crippen molar-refractivity contribution in [3.63, 3.8) is 0 Å². The molecule has 1 N–H and O–H groups in total. The number of hydrogen-bond donors (Lipinski definition) is 1. The topological polar surface area (TPSA) is 54.6 Å². The number of carboxylic acid groups (broad SMARTS) is 1. The van der Waals surface area contributed by atoms with Crippen molar-refractivity contribution in [2.75, 3.05) is 0 Å². The number of halogens is 1. The first-order valence-electron chi connectivity index (χ1n) is 5.95. The Bertz CT molecular complexity index is 835. The summed E-state index contributed by atoms with van der Waals surface area (Å²) in [4.78, 5) is 16.4. The quantitative estimate of drug-likeness (QED) is 0.777. The molecule has 3 aromatic rings. The molecule has 2 aromatic heterocycles. The fraction of sp³-hybridized carbons (Fsp3) is 0.143. The van der Waals surface area contributed by atoms with Crippen molar-refractivity contribution in [3.8, 4) is 11.3 Å². The number of aromatic carboxylic acids is 1. The molecule has 4 nitrogen and oxygen atoms in total. The van der Waals surface area contributed by atoms with E-state index < -0.39 is 5.97 Å². The Morgan fingerprint density at radius 3 is 2.80 bits per heavy atom. The first-order chi connectivity index (χ1) is 9.49. The number of carbonyl (C=O) groups is 1. The molecule has 0 bridgehead atoms. The molecule has 3 rings (SSSR count). The maximum Gasteiger partial charge on any atom is 0.354 e. The fourth-order valence-electron chi connectivity index (χ4n) is 2.22. The van der Waals surface area contributed by atoms with Gasteiger partial charge in [-0.25, -0.2) is 9.78 Å². The molecule has 0 radical (unpaired) electrons. The lowest BCUT2D eigenvalue weighted by molar-refractivity contribution is 0.0688. The molecule has 0 atom stereocenters. The van der Waals surface area contributed by atoms with Crippen LogP contribution in [0.2, 0.25) is 5.02 Å². The van der Waals surface area contributed by atoms with Crippen LogP contribution < -0.4 is 0 Å². The van der Waals surface area contributed by atoms with Gasteiger partial charge in [0, 0.05) is 10.4 Å². The third-order valence-corrected chi connectivity index (χ3v) is 4.44. The molecule has 102 valence electrons. The van der Waals surface area contributed by atoms with E-state index >= 15 is 0 Å². The van der Waals surface area contributed by atoms with Crippen LogP contribution in [-0.2, 0) is 0 Å². The summed E-state index contributed by atoms with van der Waals surface area (Å²) in [6.45, 7) is 3.63. The Hall–Kier alpha value is -1.85. The number of rotatable bonds is 2. The normalized spacial score (nSPS) is 11.2. The highest BCUT2D eigenvalue weighted by atomic mass is 35.5. The summed E-state index contributed by atoms with van der Waals surface area (Å²) in [7, 11) is 0. The first kappa shape index (κ1) is 13.1. The van der Waals surface area contributed by atoms with Gasteiger partial charge in [0.25, 0.3) is 0 Å². The van der Waals surface area contributed by atoms with E-state index in [4.69, 9.17) is 11.6 Å². The second-order valence-electron chi connectivity index (χ2n) is 4.55. The Labute approximate surface area is 124 Å². The zero-order chi connectivity index (χ0) is 14.4. The van der Waals surface area contributed by atoms with Gasteiger partial charge >= 0.3 is 5.97 Å². The summed E-state index contributed by atoms with van der Waals surface area (Å²) in [6, 6.07) is 5.66. The number of nitrogens with zero attached hydrogens (tertiary/aromatic N) is 2. The van der Waals surface area contributed by atoms with Crippen LogP contribution in [0.5, 0.6) is 0 Å². The summed E-state index contributed by atoms with van der Waals surface area (Å²) >= 11 is 7.46. The van der Waals surface area contributed by atoms with Crippen molar-refractivity contribution >= 4 is 33.9 Å². The predicted molar refractivity (Wildman–Crippen MR) is 79.9 cm³/mol. The Kier molecular flexibility index (Phi) is 3.03. The summed E-state index contributed by atoms with van der Waals surface area (Å²) in [5, 5.41) is 12.0. The smallest absolute Gasteiger partial charge is 0.354 e. The van der Waals surface area contributed by atoms with E-state index in [0.29, 0.717) is 15.7 Å². The number of thiazole rings is 1. The summed E-state index contributed by atoms with van der Waals surface area (Å²) in [6.07, 6.45) is 0. The lowest BCUT2D eigenvalue weighted by atomic mass is 10.1.